The van der Waals surface area contributed by atoms with Crippen molar-refractivity contribution in [3.05, 3.63) is 41.7 Å². The lowest BCUT2D eigenvalue weighted by Gasteiger charge is -2.35. The Morgan fingerprint density at radius 1 is 1.17 bits per heavy atom. The number of hydrogen-bond donors (Lipinski definition) is 0. The molecule has 2 heterocycles. The molecule has 5 nitrogen and oxygen atoms in total. The molecule has 0 unspecified atom stereocenters. The van der Waals surface area contributed by atoms with Crippen molar-refractivity contribution in [1.29, 1.82) is 0 Å². The molecular formula is C17H22N4OS. The second-order valence-electron chi connectivity index (χ2n) is 6.12. The summed E-state index contributed by atoms with van der Waals surface area (Å²) in [4.78, 5) is 20.9. The number of carbonyl (C=O) groups is 1. The molecule has 1 amide bonds. The first kappa shape index (κ1) is 15.9. The molecule has 2 aromatic rings. The summed E-state index contributed by atoms with van der Waals surface area (Å²) in [5, 5.41) is 0.965. The standard InChI is InChI=1S/C17H22N4OS/c1-13(2)16(22)20-8-10-21(11-9-20)17-18-15(19-23-17)12-14-6-4-3-5-7-14/h3-7,13H,8-12H2,1-2H3. The summed E-state index contributed by atoms with van der Waals surface area (Å²) in [6.07, 6.45) is 0.767. The van der Waals surface area contributed by atoms with Crippen molar-refractivity contribution in [3.63, 3.8) is 0 Å². The fraction of sp³-hybridized carbons (Fsp3) is 0.471. The average Bonchev–Trinajstić information content (AvgIpc) is 3.03. The number of amides is 1. The maximum Gasteiger partial charge on any atom is 0.225 e. The Labute approximate surface area is 141 Å². The van der Waals surface area contributed by atoms with Crippen LogP contribution in [-0.4, -0.2) is 46.3 Å². The van der Waals surface area contributed by atoms with E-state index in [2.05, 4.69) is 26.4 Å². The van der Waals surface area contributed by atoms with Crippen molar-refractivity contribution in [2.24, 2.45) is 5.92 Å². The van der Waals surface area contributed by atoms with E-state index in [1.54, 1.807) is 0 Å². The monoisotopic (exact) mass is 330 g/mol. The van der Waals surface area contributed by atoms with Gasteiger partial charge in [-0.05, 0) is 5.56 Å². The van der Waals surface area contributed by atoms with Crippen LogP contribution in [0.5, 0.6) is 0 Å². The van der Waals surface area contributed by atoms with Crippen LogP contribution >= 0.6 is 11.5 Å². The highest BCUT2D eigenvalue weighted by atomic mass is 32.1. The quantitative estimate of drug-likeness (QED) is 0.864. The van der Waals surface area contributed by atoms with Gasteiger partial charge in [-0.25, -0.2) is 4.98 Å². The van der Waals surface area contributed by atoms with Gasteiger partial charge in [-0.2, -0.15) is 4.37 Å². The van der Waals surface area contributed by atoms with E-state index in [-0.39, 0.29) is 11.8 Å². The van der Waals surface area contributed by atoms with Crippen LogP contribution < -0.4 is 4.90 Å². The lowest BCUT2D eigenvalue weighted by Crippen LogP contribution is -2.49. The van der Waals surface area contributed by atoms with Gasteiger partial charge in [-0.15, -0.1) is 0 Å². The van der Waals surface area contributed by atoms with E-state index >= 15 is 0 Å². The van der Waals surface area contributed by atoms with Crippen molar-refractivity contribution >= 4 is 22.6 Å². The zero-order valence-corrected chi connectivity index (χ0v) is 14.4. The number of benzene rings is 1. The second kappa shape index (κ2) is 7.08. The molecule has 1 fully saturated rings. The molecule has 1 aliphatic rings. The van der Waals surface area contributed by atoms with E-state index in [4.69, 9.17) is 0 Å². The third kappa shape index (κ3) is 3.88. The first-order valence-electron chi connectivity index (χ1n) is 8.03. The molecule has 0 saturated carbocycles. The molecule has 0 aliphatic carbocycles. The maximum atomic E-state index is 12.0. The van der Waals surface area contributed by atoms with Gasteiger partial charge in [0, 0.05) is 50.1 Å². The highest BCUT2D eigenvalue weighted by molar-refractivity contribution is 7.09. The van der Waals surface area contributed by atoms with Crippen LogP contribution in [-0.2, 0) is 11.2 Å². The van der Waals surface area contributed by atoms with Crippen LogP contribution in [0, 0.1) is 5.92 Å². The molecule has 1 aliphatic heterocycles. The molecule has 1 saturated heterocycles. The Morgan fingerprint density at radius 2 is 1.87 bits per heavy atom. The SMILES string of the molecule is CC(C)C(=O)N1CCN(c2nc(Cc3ccccc3)ns2)CC1. The van der Waals surface area contributed by atoms with Crippen molar-refractivity contribution in [1.82, 2.24) is 14.3 Å². The van der Waals surface area contributed by atoms with Crippen LogP contribution in [0.2, 0.25) is 0 Å². The zero-order chi connectivity index (χ0) is 16.2. The predicted octanol–water partition coefficient (Wildman–Crippen LogP) is 2.43. The minimum Gasteiger partial charge on any atom is -0.343 e. The fourth-order valence-electron chi connectivity index (χ4n) is 2.71. The Hall–Kier alpha value is -1.95. The molecule has 1 aromatic carbocycles. The van der Waals surface area contributed by atoms with Crippen molar-refractivity contribution in [2.75, 3.05) is 31.1 Å². The normalized spacial score (nSPS) is 15.3. The summed E-state index contributed by atoms with van der Waals surface area (Å²) in [7, 11) is 0. The third-order valence-corrected chi connectivity index (χ3v) is 4.83. The van der Waals surface area contributed by atoms with Crippen LogP contribution in [0.4, 0.5) is 5.13 Å². The molecule has 1 aromatic heterocycles. The molecule has 6 heteroatoms. The van der Waals surface area contributed by atoms with E-state index in [1.165, 1.54) is 17.1 Å². The molecule has 23 heavy (non-hydrogen) atoms. The Kier molecular flexibility index (Phi) is 4.91. The zero-order valence-electron chi connectivity index (χ0n) is 13.6. The highest BCUT2D eigenvalue weighted by Crippen LogP contribution is 2.21. The molecule has 0 bridgehead atoms. The molecule has 0 atom stereocenters. The number of piperazine rings is 1. The topological polar surface area (TPSA) is 49.3 Å². The second-order valence-corrected chi connectivity index (χ2v) is 6.85. The Balaban J connectivity index is 1.58. The predicted molar refractivity (Wildman–Crippen MR) is 92.8 cm³/mol. The summed E-state index contributed by atoms with van der Waals surface area (Å²) in [5.74, 6) is 1.18. The van der Waals surface area contributed by atoms with Gasteiger partial charge in [0.2, 0.25) is 11.0 Å². The largest absolute Gasteiger partial charge is 0.343 e. The first-order valence-corrected chi connectivity index (χ1v) is 8.81. The smallest absolute Gasteiger partial charge is 0.225 e. The summed E-state index contributed by atoms with van der Waals surface area (Å²) in [6, 6.07) is 10.3. The van der Waals surface area contributed by atoms with Gasteiger partial charge in [-0.1, -0.05) is 44.2 Å². The molecule has 3 rings (SSSR count). The average molecular weight is 330 g/mol. The van der Waals surface area contributed by atoms with Gasteiger partial charge < -0.3 is 9.80 Å². The Morgan fingerprint density at radius 3 is 2.52 bits per heavy atom. The van der Waals surface area contributed by atoms with E-state index in [0.717, 1.165) is 43.6 Å². The van der Waals surface area contributed by atoms with Gasteiger partial charge in [-0.3, -0.25) is 4.79 Å². The number of aromatic nitrogens is 2. The molecule has 122 valence electrons. The van der Waals surface area contributed by atoms with E-state index in [1.807, 2.05) is 36.9 Å². The van der Waals surface area contributed by atoms with E-state index < -0.39 is 0 Å². The lowest BCUT2D eigenvalue weighted by molar-refractivity contribution is -0.134. The van der Waals surface area contributed by atoms with Gasteiger partial charge >= 0.3 is 0 Å². The summed E-state index contributed by atoms with van der Waals surface area (Å²) in [5.41, 5.74) is 1.23. The molecule has 0 N–H and O–H groups in total. The summed E-state index contributed by atoms with van der Waals surface area (Å²) in [6.45, 7) is 7.11. The lowest BCUT2D eigenvalue weighted by atomic mass is 10.1. The van der Waals surface area contributed by atoms with E-state index in [9.17, 15) is 4.79 Å². The number of rotatable bonds is 4. The van der Waals surface area contributed by atoms with Gasteiger partial charge in [0.05, 0.1) is 0 Å². The van der Waals surface area contributed by atoms with Crippen LogP contribution in [0.1, 0.15) is 25.2 Å². The summed E-state index contributed by atoms with van der Waals surface area (Å²) < 4.78 is 4.48. The number of carbonyl (C=O) groups excluding carboxylic acids is 1. The summed E-state index contributed by atoms with van der Waals surface area (Å²) >= 11 is 1.45. The van der Waals surface area contributed by atoms with Gasteiger partial charge in [0.1, 0.15) is 5.82 Å². The van der Waals surface area contributed by atoms with Crippen LogP contribution in [0.15, 0.2) is 30.3 Å². The third-order valence-electron chi connectivity index (χ3n) is 4.02. The Bertz CT molecular complexity index is 648. The van der Waals surface area contributed by atoms with Crippen molar-refractivity contribution < 1.29 is 4.79 Å². The van der Waals surface area contributed by atoms with Gasteiger partial charge in [0.25, 0.3) is 0 Å². The number of nitrogens with zero attached hydrogens (tertiary/aromatic N) is 4. The van der Waals surface area contributed by atoms with Crippen molar-refractivity contribution in [3.8, 4) is 0 Å². The fourth-order valence-corrected chi connectivity index (χ4v) is 3.44. The van der Waals surface area contributed by atoms with Crippen molar-refractivity contribution in [2.45, 2.75) is 20.3 Å². The van der Waals surface area contributed by atoms with E-state index in [0.29, 0.717) is 0 Å². The minimum atomic E-state index is 0.0700. The van der Waals surface area contributed by atoms with Crippen LogP contribution in [0.25, 0.3) is 0 Å². The molecule has 0 radical (unpaired) electrons. The number of anilines is 1. The minimum absolute atomic E-state index is 0.0700. The maximum absolute atomic E-state index is 12.0. The van der Waals surface area contributed by atoms with Gasteiger partial charge in [0.15, 0.2) is 0 Å². The molecule has 0 spiro atoms. The highest BCUT2D eigenvalue weighted by Gasteiger charge is 2.24. The van der Waals surface area contributed by atoms with Crippen LogP contribution in [0.3, 0.4) is 0 Å². The molecular weight excluding hydrogens is 308 g/mol. The first-order chi connectivity index (χ1) is 11.1. The number of hydrogen-bond acceptors (Lipinski definition) is 5.